The molecule has 0 aromatic heterocycles. The van der Waals surface area contributed by atoms with Gasteiger partial charge in [-0.1, -0.05) is 13.3 Å². The standard InChI is InChI=1S/C13H17NO2/c1-2-3-9-4-10-5-12-13(16-8-15-12)6-11(10)14-7-9/h5-6,9,14H,2-4,7-8H2,1H3. The Morgan fingerprint density at radius 3 is 2.94 bits per heavy atom. The summed E-state index contributed by atoms with van der Waals surface area (Å²) >= 11 is 0. The first kappa shape index (κ1) is 9.82. The molecule has 0 aliphatic carbocycles. The van der Waals surface area contributed by atoms with Gasteiger partial charge in [-0.25, -0.2) is 0 Å². The summed E-state index contributed by atoms with van der Waals surface area (Å²) in [5, 5.41) is 3.49. The molecule has 0 spiro atoms. The van der Waals surface area contributed by atoms with Crippen molar-refractivity contribution < 1.29 is 9.47 Å². The molecule has 1 unspecified atom stereocenters. The molecule has 0 saturated carbocycles. The molecule has 16 heavy (non-hydrogen) atoms. The summed E-state index contributed by atoms with van der Waals surface area (Å²) in [4.78, 5) is 0. The lowest BCUT2D eigenvalue weighted by Gasteiger charge is -2.26. The molecule has 0 radical (unpaired) electrons. The lowest BCUT2D eigenvalue weighted by Crippen LogP contribution is -2.22. The van der Waals surface area contributed by atoms with Crippen molar-refractivity contribution in [2.45, 2.75) is 26.2 Å². The number of anilines is 1. The molecule has 0 fully saturated rings. The number of fused-ring (bicyclic) bond motifs is 2. The van der Waals surface area contributed by atoms with Gasteiger partial charge in [-0.2, -0.15) is 0 Å². The molecule has 3 heteroatoms. The van der Waals surface area contributed by atoms with E-state index in [9.17, 15) is 0 Å². The Kier molecular flexibility index (Phi) is 2.39. The smallest absolute Gasteiger partial charge is 0.231 e. The monoisotopic (exact) mass is 219 g/mol. The average molecular weight is 219 g/mol. The summed E-state index contributed by atoms with van der Waals surface area (Å²) in [5.74, 6) is 2.54. The van der Waals surface area contributed by atoms with Gasteiger partial charge in [0.15, 0.2) is 11.5 Å². The molecular weight excluding hydrogens is 202 g/mol. The van der Waals surface area contributed by atoms with Gasteiger partial charge in [0.05, 0.1) is 0 Å². The fraction of sp³-hybridized carbons (Fsp3) is 0.538. The molecule has 0 amide bonds. The van der Waals surface area contributed by atoms with Crippen molar-refractivity contribution in [3.05, 3.63) is 17.7 Å². The van der Waals surface area contributed by atoms with E-state index in [-0.39, 0.29) is 0 Å². The molecular formula is C13H17NO2. The molecule has 2 aliphatic rings. The van der Waals surface area contributed by atoms with E-state index in [0.717, 1.165) is 30.4 Å². The van der Waals surface area contributed by atoms with E-state index >= 15 is 0 Å². The molecule has 0 saturated heterocycles. The van der Waals surface area contributed by atoms with Gasteiger partial charge in [0.25, 0.3) is 0 Å². The second-order valence-corrected chi connectivity index (χ2v) is 4.60. The van der Waals surface area contributed by atoms with Crippen LogP contribution in [0.2, 0.25) is 0 Å². The van der Waals surface area contributed by atoms with Crippen LogP contribution in [-0.4, -0.2) is 13.3 Å². The highest BCUT2D eigenvalue weighted by molar-refractivity contribution is 5.62. The van der Waals surface area contributed by atoms with Crippen molar-refractivity contribution in [1.29, 1.82) is 0 Å². The second-order valence-electron chi connectivity index (χ2n) is 4.60. The van der Waals surface area contributed by atoms with Crippen molar-refractivity contribution in [2.24, 2.45) is 5.92 Å². The first-order chi connectivity index (χ1) is 7.86. The van der Waals surface area contributed by atoms with Gasteiger partial charge in [0, 0.05) is 18.3 Å². The zero-order valence-electron chi connectivity index (χ0n) is 9.58. The molecule has 3 nitrogen and oxygen atoms in total. The van der Waals surface area contributed by atoms with Crippen LogP contribution >= 0.6 is 0 Å². The highest BCUT2D eigenvalue weighted by atomic mass is 16.7. The Morgan fingerprint density at radius 2 is 2.12 bits per heavy atom. The minimum absolute atomic E-state index is 0.358. The van der Waals surface area contributed by atoms with Crippen LogP contribution in [0.3, 0.4) is 0 Å². The largest absolute Gasteiger partial charge is 0.454 e. The van der Waals surface area contributed by atoms with Gasteiger partial charge >= 0.3 is 0 Å². The summed E-state index contributed by atoms with van der Waals surface area (Å²) in [5.41, 5.74) is 2.59. The minimum atomic E-state index is 0.358. The lowest BCUT2D eigenvalue weighted by atomic mass is 9.90. The Labute approximate surface area is 95.8 Å². The van der Waals surface area contributed by atoms with Gasteiger partial charge in [0.2, 0.25) is 6.79 Å². The predicted molar refractivity (Wildman–Crippen MR) is 63.2 cm³/mol. The Balaban J connectivity index is 1.87. The van der Waals surface area contributed by atoms with Crippen molar-refractivity contribution >= 4 is 5.69 Å². The van der Waals surface area contributed by atoms with Crippen LogP contribution in [-0.2, 0) is 6.42 Å². The summed E-state index contributed by atoms with van der Waals surface area (Å²) in [7, 11) is 0. The van der Waals surface area contributed by atoms with Gasteiger partial charge < -0.3 is 14.8 Å². The third-order valence-corrected chi connectivity index (χ3v) is 3.39. The first-order valence-corrected chi connectivity index (χ1v) is 6.03. The van der Waals surface area contributed by atoms with E-state index in [1.165, 1.54) is 24.1 Å². The normalized spacial score (nSPS) is 21.4. The number of hydrogen-bond donors (Lipinski definition) is 1. The topological polar surface area (TPSA) is 30.5 Å². The third kappa shape index (κ3) is 1.60. The Bertz CT molecular complexity index is 403. The molecule has 2 aliphatic heterocycles. The summed E-state index contributed by atoms with van der Waals surface area (Å²) in [6, 6.07) is 4.20. The Hall–Kier alpha value is -1.38. The van der Waals surface area contributed by atoms with Crippen LogP contribution in [0.1, 0.15) is 25.3 Å². The fourth-order valence-electron chi connectivity index (χ4n) is 2.57. The van der Waals surface area contributed by atoms with Crippen molar-refractivity contribution in [3.8, 4) is 11.5 Å². The Morgan fingerprint density at radius 1 is 1.31 bits per heavy atom. The summed E-state index contributed by atoms with van der Waals surface area (Å²) < 4.78 is 10.8. The number of ether oxygens (including phenoxy) is 2. The summed E-state index contributed by atoms with van der Waals surface area (Å²) in [6.45, 7) is 3.69. The van der Waals surface area contributed by atoms with Gasteiger partial charge in [-0.15, -0.1) is 0 Å². The molecule has 3 rings (SSSR count). The van der Waals surface area contributed by atoms with Crippen LogP contribution < -0.4 is 14.8 Å². The SMILES string of the molecule is CCCC1CNc2cc3c(cc2C1)OCO3. The highest BCUT2D eigenvalue weighted by Crippen LogP contribution is 2.39. The van der Waals surface area contributed by atoms with Crippen LogP contribution in [0.15, 0.2) is 12.1 Å². The fourth-order valence-corrected chi connectivity index (χ4v) is 2.57. The minimum Gasteiger partial charge on any atom is -0.454 e. The number of benzene rings is 1. The van der Waals surface area contributed by atoms with Gasteiger partial charge in [-0.05, 0) is 30.4 Å². The second kappa shape index (κ2) is 3.89. The molecule has 1 N–H and O–H groups in total. The molecule has 0 bridgehead atoms. The molecule has 2 heterocycles. The zero-order chi connectivity index (χ0) is 11.0. The highest BCUT2D eigenvalue weighted by Gasteiger charge is 2.22. The maximum atomic E-state index is 5.41. The van der Waals surface area contributed by atoms with Crippen molar-refractivity contribution in [2.75, 3.05) is 18.7 Å². The van der Waals surface area contributed by atoms with Gasteiger partial charge in [-0.3, -0.25) is 0 Å². The van der Waals surface area contributed by atoms with Crippen LogP contribution in [0.5, 0.6) is 11.5 Å². The molecule has 1 aromatic rings. The van der Waals surface area contributed by atoms with Crippen molar-refractivity contribution in [1.82, 2.24) is 0 Å². The molecule has 1 aromatic carbocycles. The molecule has 86 valence electrons. The number of hydrogen-bond acceptors (Lipinski definition) is 3. The van der Waals surface area contributed by atoms with E-state index in [2.05, 4.69) is 24.4 Å². The van der Waals surface area contributed by atoms with E-state index in [4.69, 9.17) is 9.47 Å². The number of nitrogens with one attached hydrogen (secondary N) is 1. The maximum Gasteiger partial charge on any atom is 0.231 e. The van der Waals surface area contributed by atoms with Crippen LogP contribution in [0, 0.1) is 5.92 Å². The summed E-state index contributed by atoms with van der Waals surface area (Å²) in [6.07, 6.45) is 3.71. The van der Waals surface area contributed by atoms with Crippen molar-refractivity contribution in [3.63, 3.8) is 0 Å². The number of rotatable bonds is 2. The van der Waals surface area contributed by atoms with E-state index in [0.29, 0.717) is 6.79 Å². The van der Waals surface area contributed by atoms with E-state index in [1.807, 2.05) is 0 Å². The first-order valence-electron chi connectivity index (χ1n) is 6.03. The quantitative estimate of drug-likeness (QED) is 0.829. The zero-order valence-corrected chi connectivity index (χ0v) is 9.58. The predicted octanol–water partition coefficient (Wildman–Crippen LogP) is 2.80. The van der Waals surface area contributed by atoms with E-state index < -0.39 is 0 Å². The van der Waals surface area contributed by atoms with Crippen LogP contribution in [0.25, 0.3) is 0 Å². The van der Waals surface area contributed by atoms with Crippen LogP contribution in [0.4, 0.5) is 5.69 Å². The average Bonchev–Trinajstić information content (AvgIpc) is 2.73. The maximum absolute atomic E-state index is 5.41. The van der Waals surface area contributed by atoms with Gasteiger partial charge in [0.1, 0.15) is 0 Å². The molecule has 1 atom stereocenters. The lowest BCUT2D eigenvalue weighted by molar-refractivity contribution is 0.174. The third-order valence-electron chi connectivity index (χ3n) is 3.39. The van der Waals surface area contributed by atoms with E-state index in [1.54, 1.807) is 0 Å².